The van der Waals surface area contributed by atoms with Crippen LogP contribution in [0.3, 0.4) is 0 Å². The summed E-state index contributed by atoms with van der Waals surface area (Å²) in [5.74, 6) is -0.518. The van der Waals surface area contributed by atoms with Crippen molar-refractivity contribution in [2.24, 2.45) is 0 Å². The van der Waals surface area contributed by atoms with E-state index >= 15 is 17.6 Å². The summed E-state index contributed by atoms with van der Waals surface area (Å²) < 4.78 is 97.4. The number of nitrogens with one attached hydrogen (secondary N) is 1. The molecule has 2 bridgehead atoms. The molecule has 0 radical (unpaired) electrons. The van der Waals surface area contributed by atoms with Crippen LogP contribution in [0.4, 0.5) is 32.2 Å². The summed E-state index contributed by atoms with van der Waals surface area (Å²) in [6, 6.07) is 4.19. The fraction of sp³-hybridized carbons (Fsp3) is 0.441. The van der Waals surface area contributed by atoms with E-state index in [9.17, 15) is 13.9 Å². The van der Waals surface area contributed by atoms with Crippen molar-refractivity contribution in [1.29, 1.82) is 0 Å². The highest BCUT2D eigenvalue weighted by Crippen LogP contribution is 2.45. The van der Waals surface area contributed by atoms with E-state index in [1.807, 2.05) is 4.90 Å². The lowest BCUT2D eigenvalue weighted by Crippen LogP contribution is -2.51. The molecule has 4 aliphatic heterocycles. The lowest BCUT2D eigenvalue weighted by Gasteiger charge is -2.35. The minimum absolute atomic E-state index is 0.00815. The van der Waals surface area contributed by atoms with E-state index in [0.29, 0.717) is 26.1 Å². The third-order valence-electron chi connectivity index (χ3n) is 10.2. The average Bonchev–Trinajstić information content (AvgIpc) is 3.69. The van der Waals surface area contributed by atoms with Crippen LogP contribution in [-0.2, 0) is 6.18 Å². The van der Waals surface area contributed by atoms with Crippen LogP contribution in [0.5, 0.6) is 11.8 Å². The summed E-state index contributed by atoms with van der Waals surface area (Å²) in [6.07, 6.45) is 2.79. The Hall–Kier alpha value is -4.35. The fourth-order valence-electron chi connectivity index (χ4n) is 8.18. The van der Waals surface area contributed by atoms with Crippen LogP contribution in [0.1, 0.15) is 43.4 Å². The first-order chi connectivity index (χ1) is 22.9. The Morgan fingerprint density at radius 1 is 1.06 bits per heavy atom. The predicted octanol–water partition coefficient (Wildman–Crippen LogP) is 5.72. The second-order valence-electron chi connectivity index (χ2n) is 13.2. The molecule has 2 aromatic carbocycles. The lowest BCUT2D eigenvalue weighted by atomic mass is 9.95. The molecule has 4 fully saturated rings. The molecule has 0 amide bonds. The number of halogens is 6. The number of phenolic OH excluding ortho intramolecular Hbond substituents is 1. The molecule has 2 aromatic heterocycles. The van der Waals surface area contributed by atoms with Crippen molar-refractivity contribution < 1.29 is 36.2 Å². The summed E-state index contributed by atoms with van der Waals surface area (Å²) in [6.45, 7) is 1.54. The number of hydrogen-bond donors (Lipinski definition) is 2. The van der Waals surface area contributed by atoms with Gasteiger partial charge in [0.2, 0.25) is 0 Å². The highest BCUT2D eigenvalue weighted by atomic mass is 19.4. The van der Waals surface area contributed by atoms with Gasteiger partial charge in [-0.25, -0.2) is 18.2 Å². The van der Waals surface area contributed by atoms with Gasteiger partial charge in [0, 0.05) is 49.1 Å². The number of phenols is 1. The van der Waals surface area contributed by atoms with E-state index in [0.717, 1.165) is 31.4 Å². The summed E-state index contributed by atoms with van der Waals surface area (Å²) in [4.78, 5) is 16.2. The predicted molar refractivity (Wildman–Crippen MR) is 165 cm³/mol. The van der Waals surface area contributed by atoms with Gasteiger partial charge in [-0.15, -0.1) is 6.42 Å². The van der Waals surface area contributed by atoms with Gasteiger partial charge in [-0.05, 0) is 55.8 Å². The van der Waals surface area contributed by atoms with E-state index in [1.54, 1.807) is 4.90 Å². The number of pyridine rings is 1. The number of aromatic nitrogens is 3. The number of piperazine rings is 1. The molecular weight excluding hydrogens is 638 g/mol. The topological polar surface area (TPSA) is 86.6 Å². The van der Waals surface area contributed by atoms with Gasteiger partial charge in [-0.3, -0.25) is 4.90 Å². The third kappa shape index (κ3) is 4.97. The van der Waals surface area contributed by atoms with Gasteiger partial charge >= 0.3 is 12.2 Å². The fourth-order valence-corrected chi connectivity index (χ4v) is 8.18. The maximum absolute atomic E-state index is 16.9. The van der Waals surface area contributed by atoms with Crippen LogP contribution in [0.25, 0.3) is 32.9 Å². The quantitative estimate of drug-likeness (QED) is 0.206. The number of benzene rings is 2. The van der Waals surface area contributed by atoms with Gasteiger partial charge in [-0.1, -0.05) is 12.0 Å². The largest absolute Gasteiger partial charge is 0.508 e. The summed E-state index contributed by atoms with van der Waals surface area (Å²) in [5, 5.41) is 13.4. The number of rotatable bonds is 5. The highest BCUT2D eigenvalue weighted by Gasteiger charge is 2.49. The molecule has 2 unspecified atom stereocenters. The maximum atomic E-state index is 16.9. The van der Waals surface area contributed by atoms with Crippen LogP contribution in [0, 0.1) is 24.0 Å². The number of alkyl halides is 4. The summed E-state index contributed by atoms with van der Waals surface area (Å²) >= 11 is 0. The molecule has 4 aromatic rings. The highest BCUT2D eigenvalue weighted by molar-refractivity contribution is 6.03. The number of terminal acetylenes is 1. The second-order valence-corrected chi connectivity index (χ2v) is 13.2. The number of nitrogens with zero attached hydrogens (tertiary/aromatic N) is 5. The third-order valence-corrected chi connectivity index (χ3v) is 10.2. The zero-order valence-electron chi connectivity index (χ0n) is 25.5. The molecular formula is C34H30F6N6O2. The lowest BCUT2D eigenvalue weighted by molar-refractivity contribution is -0.139. The van der Waals surface area contributed by atoms with E-state index in [2.05, 4.69) is 26.2 Å². The molecule has 4 aliphatic rings. The Morgan fingerprint density at radius 2 is 1.83 bits per heavy atom. The van der Waals surface area contributed by atoms with Gasteiger partial charge in [0.25, 0.3) is 0 Å². The molecule has 0 spiro atoms. The Morgan fingerprint density at radius 3 is 2.56 bits per heavy atom. The molecule has 4 saturated heterocycles. The van der Waals surface area contributed by atoms with Gasteiger partial charge in [0.05, 0.1) is 16.5 Å². The normalized spacial score (nSPS) is 25.6. The number of fused-ring (bicyclic) bond motifs is 5. The van der Waals surface area contributed by atoms with Crippen molar-refractivity contribution in [3.63, 3.8) is 0 Å². The zero-order chi connectivity index (χ0) is 33.5. The minimum Gasteiger partial charge on any atom is -0.508 e. The number of ether oxygens (including phenoxy) is 1. The van der Waals surface area contributed by atoms with Crippen molar-refractivity contribution in [2.75, 3.05) is 37.7 Å². The molecule has 14 heteroatoms. The van der Waals surface area contributed by atoms with Crippen LogP contribution in [-0.4, -0.2) is 81.5 Å². The van der Waals surface area contributed by atoms with E-state index < -0.39 is 57.6 Å². The van der Waals surface area contributed by atoms with Crippen LogP contribution in [0.15, 0.2) is 24.3 Å². The Bertz CT molecular complexity index is 2010. The smallest absolute Gasteiger partial charge is 0.434 e. The van der Waals surface area contributed by atoms with Crippen LogP contribution in [0.2, 0.25) is 0 Å². The Balaban J connectivity index is 1.36. The first kappa shape index (κ1) is 31.0. The van der Waals surface area contributed by atoms with Gasteiger partial charge in [-0.2, -0.15) is 23.1 Å². The number of anilines is 1. The van der Waals surface area contributed by atoms with Gasteiger partial charge < -0.3 is 20.1 Å². The van der Waals surface area contributed by atoms with Crippen molar-refractivity contribution in [1.82, 2.24) is 25.2 Å². The second kappa shape index (κ2) is 11.1. The molecule has 250 valence electrons. The van der Waals surface area contributed by atoms with Crippen molar-refractivity contribution in [3.8, 4) is 35.4 Å². The van der Waals surface area contributed by atoms with Crippen LogP contribution < -0.4 is 15.0 Å². The van der Waals surface area contributed by atoms with Crippen molar-refractivity contribution in [2.45, 2.75) is 62.1 Å². The first-order valence-corrected chi connectivity index (χ1v) is 15.9. The summed E-state index contributed by atoms with van der Waals surface area (Å²) in [7, 11) is 0. The van der Waals surface area contributed by atoms with Gasteiger partial charge in [0.15, 0.2) is 11.5 Å². The number of aromatic hydroxyl groups is 1. The monoisotopic (exact) mass is 668 g/mol. The molecule has 6 heterocycles. The molecule has 8 nitrogen and oxygen atoms in total. The average molecular weight is 669 g/mol. The first-order valence-electron chi connectivity index (χ1n) is 15.9. The van der Waals surface area contributed by atoms with E-state index in [-0.39, 0.29) is 65.4 Å². The molecule has 2 N–H and O–H groups in total. The standard InChI is InChI=1S/C34H30F6N6O2/c1-2-22-24(36)7-4-17-10-21(47)11-23(25(17)22)28-27(37)29-26(30(42-28)34(38,39)40)31(45-14-19-5-6-20(15-45)41-19)44-32(43-29)48-16-33-8-3-9-46(33)13-18(35)12-33/h1,4,7,10-11,18-20,41,47H,3,5-6,8-9,12-16H2/t18-,19?,20?,33+/m1/s1. The Labute approximate surface area is 271 Å². The van der Waals surface area contributed by atoms with Crippen molar-refractivity contribution in [3.05, 3.63) is 47.2 Å². The molecule has 4 atom stereocenters. The van der Waals surface area contributed by atoms with E-state index in [4.69, 9.17) is 11.2 Å². The SMILES string of the molecule is C#Cc1c(F)ccc2cc(O)cc(-c3nc(C(F)(F)F)c4c(N5CC6CCC(C5)N6)nc(OC[C@@]56CCCN5C[C@H](F)C6)nc4c3F)c12. The number of hydrogen-bond acceptors (Lipinski definition) is 8. The van der Waals surface area contributed by atoms with Crippen molar-refractivity contribution >= 4 is 27.5 Å². The zero-order valence-corrected chi connectivity index (χ0v) is 25.5. The maximum Gasteiger partial charge on any atom is 0.434 e. The van der Waals surface area contributed by atoms with Crippen LogP contribution >= 0.6 is 0 Å². The molecule has 0 aliphatic carbocycles. The molecule has 48 heavy (non-hydrogen) atoms. The summed E-state index contributed by atoms with van der Waals surface area (Å²) in [5.41, 5.74) is -4.28. The van der Waals surface area contributed by atoms with E-state index in [1.165, 1.54) is 12.1 Å². The molecule has 8 rings (SSSR count). The molecule has 0 saturated carbocycles. The Kier molecular flexibility index (Phi) is 7.16. The minimum atomic E-state index is -5.11. The van der Waals surface area contributed by atoms with Gasteiger partial charge in [0.1, 0.15) is 41.4 Å².